The number of rotatable bonds is 6. The second-order valence-corrected chi connectivity index (χ2v) is 10.0. The van der Waals surface area contributed by atoms with E-state index in [0.29, 0.717) is 0 Å². The third-order valence-corrected chi connectivity index (χ3v) is 8.30. The van der Waals surface area contributed by atoms with Crippen LogP contribution < -0.4 is 15.9 Å². The zero-order valence-corrected chi connectivity index (χ0v) is 18.8. The molecule has 5 aromatic rings. The summed E-state index contributed by atoms with van der Waals surface area (Å²) in [6, 6.07) is 52.7. The summed E-state index contributed by atoms with van der Waals surface area (Å²) in [6.07, 6.45) is 0. The van der Waals surface area contributed by atoms with Gasteiger partial charge in [-0.1, -0.05) is 153 Å². The van der Waals surface area contributed by atoms with E-state index in [-0.39, 0.29) is 13.3 Å². The number of benzene rings is 5. The molecule has 0 saturated heterocycles. The molecule has 0 nitrogen and oxygen atoms in total. The highest BCUT2D eigenvalue weighted by atomic mass is 31.1. The molecule has 0 fully saturated rings. The summed E-state index contributed by atoms with van der Waals surface area (Å²) < 4.78 is 0. The van der Waals surface area contributed by atoms with Gasteiger partial charge in [-0.3, -0.25) is 0 Å². The van der Waals surface area contributed by atoms with Crippen LogP contribution in [0.25, 0.3) is 0 Å². The molecule has 1 heteroatoms. The minimum Gasteiger partial charge on any atom is -0.0776 e. The fourth-order valence-electron chi connectivity index (χ4n) is 4.36. The van der Waals surface area contributed by atoms with E-state index in [0.717, 1.165) is 0 Å². The summed E-state index contributed by atoms with van der Waals surface area (Å²) in [5, 5.41) is 4.17. The van der Waals surface area contributed by atoms with Crippen LogP contribution in [-0.2, 0) is 0 Å². The van der Waals surface area contributed by atoms with Crippen LogP contribution >= 0.6 is 7.92 Å². The van der Waals surface area contributed by atoms with Gasteiger partial charge in [0.25, 0.3) is 0 Å². The number of hydrogen-bond acceptors (Lipinski definition) is 0. The second-order valence-electron chi connectivity index (χ2n) is 7.82. The quantitative estimate of drug-likeness (QED) is 0.191. The second kappa shape index (κ2) is 10.9. The summed E-state index contributed by atoms with van der Waals surface area (Å²) >= 11 is 0. The predicted octanol–water partition coefficient (Wildman–Crippen LogP) is 7.26. The van der Waals surface area contributed by atoms with Crippen LogP contribution in [0, 0.1) is 0 Å². The molecular weight excluding hydrogens is 415 g/mol. The summed E-state index contributed by atoms with van der Waals surface area (Å²) in [5.74, 6) is 0.186. The first-order valence-electron chi connectivity index (χ1n) is 11.0. The maximum Gasteiger partial charge on any atom is 0.0346 e. The van der Waals surface area contributed by atoms with Gasteiger partial charge in [0.15, 0.2) is 0 Å². The maximum atomic E-state index is 2.33. The first kappa shape index (κ1) is 22.7. The van der Waals surface area contributed by atoms with Crippen molar-refractivity contribution in [2.24, 2.45) is 0 Å². The molecule has 0 amide bonds. The highest BCUT2D eigenvalue weighted by molar-refractivity contribution is 7.79. The molecular formula is C32H29P. The lowest BCUT2D eigenvalue weighted by Gasteiger charge is -2.27. The van der Waals surface area contributed by atoms with E-state index in [4.69, 9.17) is 0 Å². The largest absolute Gasteiger partial charge is 0.0776 e. The van der Waals surface area contributed by atoms with Gasteiger partial charge in [0.05, 0.1) is 0 Å². The van der Waals surface area contributed by atoms with Gasteiger partial charge >= 0.3 is 0 Å². The summed E-state index contributed by atoms with van der Waals surface area (Å²) in [7, 11) is -0.680. The van der Waals surface area contributed by atoms with Gasteiger partial charge in [-0.15, -0.1) is 0 Å². The Bertz CT molecular complexity index is 1070. The molecule has 5 rings (SSSR count). The molecule has 162 valence electrons. The molecule has 0 N–H and O–H groups in total. The molecule has 0 unspecified atom stereocenters. The van der Waals surface area contributed by atoms with Crippen molar-refractivity contribution in [3.05, 3.63) is 162 Å². The lowest BCUT2D eigenvalue weighted by Crippen LogP contribution is -2.25. The van der Waals surface area contributed by atoms with Crippen LogP contribution in [0.4, 0.5) is 0 Å². The van der Waals surface area contributed by atoms with E-state index in [2.05, 4.69) is 146 Å². The number of hydrogen-bond donors (Lipinski definition) is 0. The molecule has 0 aliphatic rings. The maximum absolute atomic E-state index is 2.33. The first-order chi connectivity index (χ1) is 15.9. The fraction of sp³-hybridized carbons (Fsp3) is 0.0625. The smallest absolute Gasteiger partial charge is 0.0346 e. The van der Waals surface area contributed by atoms with Gasteiger partial charge < -0.3 is 0 Å². The molecule has 0 aromatic heterocycles. The van der Waals surface area contributed by atoms with E-state index in [9.17, 15) is 0 Å². The Labute approximate surface area is 199 Å². The van der Waals surface area contributed by atoms with Crippen molar-refractivity contribution in [3.63, 3.8) is 0 Å². The third-order valence-electron chi connectivity index (χ3n) is 5.78. The van der Waals surface area contributed by atoms with Crippen molar-refractivity contribution >= 4 is 23.8 Å². The van der Waals surface area contributed by atoms with E-state index >= 15 is 0 Å². The van der Waals surface area contributed by atoms with Crippen molar-refractivity contribution in [3.8, 4) is 0 Å². The Hall–Kier alpha value is -3.47. The Kier molecular flexibility index (Phi) is 7.51. The lowest BCUT2D eigenvalue weighted by atomic mass is 9.85. The molecule has 0 spiro atoms. The Morgan fingerprint density at radius 1 is 0.394 bits per heavy atom. The van der Waals surface area contributed by atoms with E-state index in [1.807, 2.05) is 0 Å². The Balaban J connectivity index is 0.00000259. The molecule has 0 atom stereocenters. The predicted molar refractivity (Wildman–Crippen MR) is 146 cm³/mol. The van der Waals surface area contributed by atoms with E-state index < -0.39 is 7.92 Å². The Morgan fingerprint density at radius 2 is 0.758 bits per heavy atom. The molecule has 0 saturated carbocycles. The van der Waals surface area contributed by atoms with E-state index in [1.54, 1.807) is 0 Å². The SMILES string of the molecule is C.c1ccc(C(c2ccccc2)c2ccccc2P(c2ccccc2)c2ccccc2)cc1. The lowest BCUT2D eigenvalue weighted by molar-refractivity contribution is 0.986. The van der Waals surface area contributed by atoms with Crippen LogP contribution in [0.1, 0.15) is 30.0 Å². The molecule has 0 heterocycles. The minimum atomic E-state index is -0.680. The van der Waals surface area contributed by atoms with Crippen molar-refractivity contribution in [2.45, 2.75) is 13.3 Å². The van der Waals surface area contributed by atoms with Gasteiger partial charge in [-0.2, -0.15) is 0 Å². The summed E-state index contributed by atoms with van der Waals surface area (Å²) in [4.78, 5) is 0. The normalized spacial score (nSPS) is 10.7. The van der Waals surface area contributed by atoms with Crippen molar-refractivity contribution < 1.29 is 0 Å². The van der Waals surface area contributed by atoms with Crippen LogP contribution in [0.15, 0.2) is 146 Å². The van der Waals surface area contributed by atoms with Gasteiger partial charge in [-0.05, 0) is 40.5 Å². The van der Waals surface area contributed by atoms with Crippen molar-refractivity contribution in [1.82, 2.24) is 0 Å². The first-order valence-corrected chi connectivity index (χ1v) is 12.3. The van der Waals surface area contributed by atoms with Gasteiger partial charge in [0, 0.05) is 5.92 Å². The van der Waals surface area contributed by atoms with Gasteiger partial charge in [0.2, 0.25) is 0 Å². The monoisotopic (exact) mass is 444 g/mol. The standard InChI is InChI=1S/C31H25P.CH4/c1-5-15-25(16-6-1)31(26-17-7-2-8-18-26)29-23-13-14-24-30(29)32(27-19-9-3-10-20-27)28-21-11-4-12-22-28;/h1-24,31H;1H4. The zero-order chi connectivity index (χ0) is 21.6. The highest BCUT2D eigenvalue weighted by Gasteiger charge is 2.25. The van der Waals surface area contributed by atoms with Crippen LogP contribution in [0.5, 0.6) is 0 Å². The molecule has 5 aromatic carbocycles. The van der Waals surface area contributed by atoms with Gasteiger partial charge in [-0.25, -0.2) is 0 Å². The van der Waals surface area contributed by atoms with Crippen LogP contribution in [0.2, 0.25) is 0 Å². The summed E-state index contributed by atoms with van der Waals surface area (Å²) in [5.41, 5.74) is 4.02. The highest BCUT2D eigenvalue weighted by Crippen LogP contribution is 2.39. The average Bonchev–Trinajstić information content (AvgIpc) is 2.88. The Morgan fingerprint density at radius 3 is 1.21 bits per heavy atom. The molecule has 0 aliphatic heterocycles. The topological polar surface area (TPSA) is 0 Å². The molecule has 0 bridgehead atoms. The third kappa shape index (κ3) is 4.98. The van der Waals surface area contributed by atoms with Crippen molar-refractivity contribution in [2.75, 3.05) is 0 Å². The van der Waals surface area contributed by atoms with Gasteiger partial charge in [0.1, 0.15) is 0 Å². The fourth-order valence-corrected chi connectivity index (χ4v) is 6.85. The molecule has 0 radical (unpaired) electrons. The minimum absolute atomic E-state index is 0. The van der Waals surface area contributed by atoms with Crippen LogP contribution in [0.3, 0.4) is 0 Å². The van der Waals surface area contributed by atoms with E-state index in [1.165, 1.54) is 32.6 Å². The zero-order valence-electron chi connectivity index (χ0n) is 17.9. The molecule has 0 aliphatic carbocycles. The summed E-state index contributed by atoms with van der Waals surface area (Å²) in [6.45, 7) is 0. The molecule has 33 heavy (non-hydrogen) atoms. The van der Waals surface area contributed by atoms with Crippen LogP contribution in [-0.4, -0.2) is 0 Å². The average molecular weight is 445 g/mol. The van der Waals surface area contributed by atoms with Crippen molar-refractivity contribution in [1.29, 1.82) is 0 Å².